The highest BCUT2D eigenvalue weighted by Crippen LogP contribution is 2.26. The minimum atomic E-state index is -0.556. The summed E-state index contributed by atoms with van der Waals surface area (Å²) in [5.41, 5.74) is 0.318. The molecule has 4 nitrogen and oxygen atoms in total. The molecule has 0 saturated heterocycles. The number of carbonyl (C=O) groups is 1. The van der Waals surface area contributed by atoms with Crippen LogP contribution in [0.5, 0.6) is 0 Å². The van der Waals surface area contributed by atoms with Gasteiger partial charge in [0.05, 0.1) is 16.4 Å². The molecular formula is C10H9BrClNO3. The van der Waals surface area contributed by atoms with Crippen LogP contribution in [0.15, 0.2) is 18.2 Å². The summed E-state index contributed by atoms with van der Waals surface area (Å²) in [4.78, 5) is 22.0. The molecule has 0 amide bonds. The van der Waals surface area contributed by atoms with Crippen LogP contribution in [0.3, 0.4) is 0 Å². The van der Waals surface area contributed by atoms with Gasteiger partial charge in [0.25, 0.3) is 5.69 Å². The standard InChI is InChI=1S/C10H9BrClNO3/c11-5-4-9(14)8-3-1-2-7(6-12)10(8)13(15)16/h1-3H,4-6H2. The molecule has 0 N–H and O–H groups in total. The van der Waals surface area contributed by atoms with Crippen molar-refractivity contribution in [3.63, 3.8) is 0 Å². The Balaban J connectivity index is 3.27. The van der Waals surface area contributed by atoms with Crippen molar-refractivity contribution in [3.05, 3.63) is 39.4 Å². The van der Waals surface area contributed by atoms with E-state index in [0.29, 0.717) is 10.9 Å². The normalized spacial score (nSPS) is 10.1. The topological polar surface area (TPSA) is 60.2 Å². The maximum absolute atomic E-state index is 11.7. The highest BCUT2D eigenvalue weighted by atomic mass is 79.9. The number of nitro groups is 1. The fraction of sp³-hybridized carbons (Fsp3) is 0.300. The average molecular weight is 307 g/mol. The predicted octanol–water partition coefficient (Wildman–Crippen LogP) is 3.30. The van der Waals surface area contributed by atoms with E-state index in [-0.39, 0.29) is 29.3 Å². The number of Topliss-reactive ketones (excluding diaryl/α,β-unsaturated/α-hetero) is 1. The number of halogens is 2. The van der Waals surface area contributed by atoms with Gasteiger partial charge in [-0.3, -0.25) is 14.9 Å². The van der Waals surface area contributed by atoms with E-state index in [9.17, 15) is 14.9 Å². The summed E-state index contributed by atoms with van der Waals surface area (Å²) in [6, 6.07) is 4.61. The Morgan fingerprint density at radius 2 is 2.19 bits per heavy atom. The van der Waals surface area contributed by atoms with Crippen LogP contribution < -0.4 is 0 Å². The van der Waals surface area contributed by atoms with E-state index in [4.69, 9.17) is 11.6 Å². The minimum Gasteiger partial charge on any atom is -0.294 e. The zero-order valence-corrected chi connectivity index (χ0v) is 10.6. The smallest absolute Gasteiger partial charge is 0.284 e. The molecule has 1 aromatic rings. The number of benzene rings is 1. The first kappa shape index (κ1) is 13.1. The number of rotatable bonds is 5. The van der Waals surface area contributed by atoms with Gasteiger partial charge in [0.2, 0.25) is 0 Å². The monoisotopic (exact) mass is 305 g/mol. The molecule has 0 heterocycles. The lowest BCUT2D eigenvalue weighted by Gasteiger charge is -2.04. The van der Waals surface area contributed by atoms with Crippen LogP contribution in [0.25, 0.3) is 0 Å². The van der Waals surface area contributed by atoms with E-state index < -0.39 is 4.92 Å². The van der Waals surface area contributed by atoms with Crippen molar-refractivity contribution in [3.8, 4) is 0 Å². The first-order chi connectivity index (χ1) is 7.61. The Labute approximate surface area is 106 Å². The molecule has 1 rings (SSSR count). The maximum Gasteiger partial charge on any atom is 0.284 e. The van der Waals surface area contributed by atoms with Crippen molar-refractivity contribution in [2.24, 2.45) is 0 Å². The predicted molar refractivity (Wildman–Crippen MR) is 65.4 cm³/mol. The van der Waals surface area contributed by atoms with Crippen LogP contribution in [0, 0.1) is 10.1 Å². The van der Waals surface area contributed by atoms with Crippen LogP contribution in [0.4, 0.5) is 5.69 Å². The first-order valence-electron chi connectivity index (χ1n) is 4.53. The van der Waals surface area contributed by atoms with E-state index in [1.54, 1.807) is 12.1 Å². The van der Waals surface area contributed by atoms with Crippen LogP contribution >= 0.6 is 27.5 Å². The second-order valence-electron chi connectivity index (χ2n) is 3.07. The molecule has 0 spiro atoms. The van der Waals surface area contributed by atoms with Crippen LogP contribution in [-0.2, 0) is 5.88 Å². The summed E-state index contributed by atoms with van der Waals surface area (Å²) in [5, 5.41) is 11.4. The second-order valence-corrected chi connectivity index (χ2v) is 4.13. The van der Waals surface area contributed by atoms with E-state index in [1.165, 1.54) is 6.07 Å². The van der Waals surface area contributed by atoms with Crippen molar-refractivity contribution in [1.82, 2.24) is 0 Å². The summed E-state index contributed by atoms with van der Waals surface area (Å²) in [6.45, 7) is 0. The molecular weight excluding hydrogens is 297 g/mol. The molecule has 0 aromatic heterocycles. The lowest BCUT2D eigenvalue weighted by molar-refractivity contribution is -0.385. The van der Waals surface area contributed by atoms with Gasteiger partial charge in [-0.25, -0.2) is 0 Å². The number of carbonyl (C=O) groups excluding carboxylic acids is 1. The molecule has 6 heteroatoms. The van der Waals surface area contributed by atoms with Gasteiger partial charge in [0, 0.05) is 17.3 Å². The van der Waals surface area contributed by atoms with Crippen LogP contribution in [0.2, 0.25) is 0 Å². The van der Waals surface area contributed by atoms with Crippen molar-refractivity contribution >= 4 is 39.0 Å². The summed E-state index contributed by atoms with van der Waals surface area (Å²) >= 11 is 8.73. The van der Waals surface area contributed by atoms with Gasteiger partial charge in [-0.1, -0.05) is 28.1 Å². The Morgan fingerprint density at radius 1 is 1.50 bits per heavy atom. The number of ketones is 1. The number of hydrogen-bond donors (Lipinski definition) is 0. The largest absolute Gasteiger partial charge is 0.294 e. The minimum absolute atomic E-state index is 0.0196. The Hall–Kier alpha value is -0.940. The molecule has 0 fully saturated rings. The fourth-order valence-electron chi connectivity index (χ4n) is 1.36. The van der Waals surface area contributed by atoms with Gasteiger partial charge in [0.1, 0.15) is 0 Å². The van der Waals surface area contributed by atoms with Crippen molar-refractivity contribution < 1.29 is 9.72 Å². The number of nitrogens with zero attached hydrogens (tertiary/aromatic N) is 1. The molecule has 86 valence electrons. The lowest BCUT2D eigenvalue weighted by atomic mass is 10.0. The SMILES string of the molecule is O=C(CCBr)c1cccc(CCl)c1[N+](=O)[O-]. The lowest BCUT2D eigenvalue weighted by Crippen LogP contribution is -2.06. The molecule has 0 saturated carbocycles. The van der Waals surface area contributed by atoms with Crippen LogP contribution in [-0.4, -0.2) is 16.0 Å². The molecule has 0 aliphatic rings. The molecule has 0 unspecified atom stereocenters. The first-order valence-corrected chi connectivity index (χ1v) is 6.18. The van der Waals surface area contributed by atoms with Gasteiger partial charge >= 0.3 is 0 Å². The second kappa shape index (κ2) is 5.96. The van der Waals surface area contributed by atoms with Crippen molar-refractivity contribution in [2.75, 3.05) is 5.33 Å². The Bertz CT molecular complexity index is 423. The molecule has 0 radical (unpaired) electrons. The third-order valence-corrected chi connectivity index (χ3v) is 2.75. The van der Waals surface area contributed by atoms with Crippen molar-refractivity contribution in [2.45, 2.75) is 12.3 Å². The maximum atomic E-state index is 11.7. The van der Waals surface area contributed by atoms with Crippen molar-refractivity contribution in [1.29, 1.82) is 0 Å². The molecule has 16 heavy (non-hydrogen) atoms. The van der Waals surface area contributed by atoms with E-state index in [2.05, 4.69) is 15.9 Å². The molecule has 0 aliphatic heterocycles. The number of para-hydroxylation sites is 1. The highest BCUT2D eigenvalue weighted by molar-refractivity contribution is 9.09. The quantitative estimate of drug-likeness (QED) is 0.363. The van der Waals surface area contributed by atoms with E-state index in [0.717, 1.165) is 0 Å². The number of hydrogen-bond acceptors (Lipinski definition) is 3. The molecule has 0 aliphatic carbocycles. The zero-order valence-electron chi connectivity index (χ0n) is 8.28. The average Bonchev–Trinajstić information content (AvgIpc) is 2.28. The third-order valence-electron chi connectivity index (χ3n) is 2.07. The fourth-order valence-corrected chi connectivity index (χ4v) is 1.94. The Kier molecular flexibility index (Phi) is 4.89. The summed E-state index contributed by atoms with van der Waals surface area (Å²) in [7, 11) is 0. The summed E-state index contributed by atoms with van der Waals surface area (Å²) < 4.78 is 0. The van der Waals surface area contributed by atoms with Gasteiger partial charge in [-0.15, -0.1) is 11.6 Å². The number of alkyl halides is 2. The highest BCUT2D eigenvalue weighted by Gasteiger charge is 2.22. The van der Waals surface area contributed by atoms with Gasteiger partial charge < -0.3 is 0 Å². The van der Waals surface area contributed by atoms with Crippen LogP contribution in [0.1, 0.15) is 22.3 Å². The van der Waals surface area contributed by atoms with Gasteiger partial charge in [-0.2, -0.15) is 0 Å². The molecule has 0 bridgehead atoms. The van der Waals surface area contributed by atoms with E-state index >= 15 is 0 Å². The van der Waals surface area contributed by atoms with Gasteiger partial charge in [0.15, 0.2) is 5.78 Å². The van der Waals surface area contributed by atoms with E-state index in [1.807, 2.05) is 0 Å². The summed E-state index contributed by atoms with van der Waals surface area (Å²) in [6.07, 6.45) is 0.229. The third kappa shape index (κ3) is 2.80. The Morgan fingerprint density at radius 3 is 2.69 bits per heavy atom. The zero-order chi connectivity index (χ0) is 12.1. The number of nitro benzene ring substituents is 1. The van der Waals surface area contributed by atoms with Gasteiger partial charge in [-0.05, 0) is 6.07 Å². The molecule has 1 aromatic carbocycles. The summed E-state index contributed by atoms with van der Waals surface area (Å²) in [5.74, 6) is -0.235. The molecule has 0 atom stereocenters.